The minimum atomic E-state index is -0.885. The lowest BCUT2D eigenvalue weighted by Crippen LogP contribution is -2.62. The van der Waals surface area contributed by atoms with Gasteiger partial charge in [-0.1, -0.05) is 91.0 Å². The van der Waals surface area contributed by atoms with Crippen LogP contribution in [0.4, 0.5) is 0 Å². The van der Waals surface area contributed by atoms with Crippen LogP contribution in [-0.2, 0) is 67.2 Å². The van der Waals surface area contributed by atoms with E-state index in [9.17, 15) is 4.79 Å². The first-order valence-electron chi connectivity index (χ1n) is 17.5. The predicted molar refractivity (Wildman–Crippen MR) is 184 cm³/mol. The third-order valence-electron chi connectivity index (χ3n) is 9.35. The minimum Gasteiger partial charge on any atom is -0.374 e. The summed E-state index contributed by atoms with van der Waals surface area (Å²) in [5, 5.41) is 0. The summed E-state index contributed by atoms with van der Waals surface area (Å²) in [5.41, 5.74) is 3.04. The number of Topliss-reactive ketones (excluding diaryl/α,β-unsaturated/α-hetero) is 1. The SMILES string of the molecule is CO[C@@H]1O[C@@H](C)[C@H](OC2O[C@H](COCc3ccccc3)[C@H](OCc3ccccc3)[C@H](OCc3ccccc3)[C@H]2CC(C)=O)[C@H]2OC(C)(C)O[C@@H]12. The molecule has 3 heterocycles. The first-order valence-corrected chi connectivity index (χ1v) is 17.5. The quantitative estimate of drug-likeness (QED) is 0.189. The molecule has 3 saturated heterocycles. The Bertz CT molecular complexity index is 1470. The fraction of sp³-hybridized carbons (Fsp3) is 0.525. The third kappa shape index (κ3) is 9.25. The Morgan fingerprint density at radius 3 is 1.80 bits per heavy atom. The molecule has 0 saturated carbocycles. The van der Waals surface area contributed by atoms with E-state index in [-0.39, 0.29) is 18.8 Å². The Morgan fingerprint density at radius 2 is 1.24 bits per heavy atom. The molecule has 3 aromatic rings. The van der Waals surface area contributed by atoms with Crippen LogP contribution in [0.1, 0.15) is 50.8 Å². The van der Waals surface area contributed by atoms with Gasteiger partial charge in [0.15, 0.2) is 18.4 Å². The molecule has 270 valence electrons. The summed E-state index contributed by atoms with van der Waals surface area (Å²) in [7, 11) is 1.59. The lowest BCUT2D eigenvalue weighted by Gasteiger charge is -2.48. The lowest BCUT2D eigenvalue weighted by molar-refractivity contribution is -0.344. The first-order chi connectivity index (χ1) is 24.2. The van der Waals surface area contributed by atoms with Gasteiger partial charge < -0.3 is 47.4 Å². The topological polar surface area (TPSA) is 100 Å². The summed E-state index contributed by atoms with van der Waals surface area (Å²) in [4.78, 5) is 13.0. The van der Waals surface area contributed by atoms with Crippen LogP contribution >= 0.6 is 0 Å². The van der Waals surface area contributed by atoms with Crippen molar-refractivity contribution in [2.45, 2.75) is 115 Å². The molecule has 3 aromatic carbocycles. The molecule has 0 radical (unpaired) electrons. The molecule has 0 aromatic heterocycles. The molecular weight excluding hydrogens is 640 g/mol. The maximum absolute atomic E-state index is 13.0. The van der Waals surface area contributed by atoms with Gasteiger partial charge >= 0.3 is 0 Å². The summed E-state index contributed by atoms with van der Waals surface area (Å²) in [6, 6.07) is 29.9. The van der Waals surface area contributed by atoms with Crippen LogP contribution in [0, 0.1) is 5.92 Å². The molecule has 10 atom stereocenters. The van der Waals surface area contributed by atoms with Crippen LogP contribution < -0.4 is 0 Å². The number of ether oxygens (including phenoxy) is 9. The van der Waals surface area contributed by atoms with E-state index in [1.165, 1.54) is 0 Å². The van der Waals surface area contributed by atoms with Crippen LogP contribution in [0.15, 0.2) is 91.0 Å². The van der Waals surface area contributed by atoms with Gasteiger partial charge in [-0.3, -0.25) is 0 Å². The van der Waals surface area contributed by atoms with Gasteiger partial charge in [0.2, 0.25) is 0 Å². The van der Waals surface area contributed by atoms with Gasteiger partial charge in [0.05, 0.1) is 38.6 Å². The summed E-state index contributed by atoms with van der Waals surface area (Å²) in [5.74, 6) is -1.42. The molecular formula is C40H50O10. The van der Waals surface area contributed by atoms with E-state index in [1.54, 1.807) is 14.0 Å². The maximum Gasteiger partial charge on any atom is 0.186 e. The number of carbonyl (C=O) groups is 1. The number of methoxy groups -OCH3 is 1. The second-order valence-corrected chi connectivity index (χ2v) is 13.7. The van der Waals surface area contributed by atoms with Gasteiger partial charge in [0.1, 0.15) is 36.3 Å². The minimum absolute atomic E-state index is 0.0204. The van der Waals surface area contributed by atoms with Crippen molar-refractivity contribution in [2.75, 3.05) is 13.7 Å². The molecule has 0 aliphatic carbocycles. The number of benzene rings is 3. The molecule has 10 heteroatoms. The molecule has 0 bridgehead atoms. The van der Waals surface area contributed by atoms with Crippen molar-refractivity contribution >= 4 is 5.78 Å². The Labute approximate surface area is 295 Å². The highest BCUT2D eigenvalue weighted by Crippen LogP contribution is 2.42. The van der Waals surface area contributed by atoms with Crippen LogP contribution in [0.3, 0.4) is 0 Å². The van der Waals surface area contributed by atoms with Crippen LogP contribution in [-0.4, -0.2) is 80.6 Å². The Balaban J connectivity index is 1.32. The molecule has 1 unspecified atom stereocenters. The van der Waals surface area contributed by atoms with Crippen LogP contribution in [0.2, 0.25) is 0 Å². The van der Waals surface area contributed by atoms with E-state index >= 15 is 0 Å². The van der Waals surface area contributed by atoms with Crippen molar-refractivity contribution in [3.63, 3.8) is 0 Å². The number of hydrogen-bond acceptors (Lipinski definition) is 10. The molecule has 6 rings (SSSR count). The highest BCUT2D eigenvalue weighted by molar-refractivity contribution is 5.75. The largest absolute Gasteiger partial charge is 0.374 e. The normalized spacial score (nSPS) is 32.0. The van der Waals surface area contributed by atoms with E-state index in [0.717, 1.165) is 16.7 Å². The van der Waals surface area contributed by atoms with Crippen molar-refractivity contribution in [3.8, 4) is 0 Å². The zero-order valence-electron chi connectivity index (χ0n) is 29.6. The summed E-state index contributed by atoms with van der Waals surface area (Å²) >= 11 is 0. The zero-order chi connectivity index (χ0) is 35.1. The fourth-order valence-corrected chi connectivity index (χ4v) is 7.04. The molecule has 3 fully saturated rings. The number of hydrogen-bond donors (Lipinski definition) is 0. The van der Waals surface area contributed by atoms with E-state index in [1.807, 2.05) is 112 Å². The smallest absolute Gasteiger partial charge is 0.186 e. The van der Waals surface area contributed by atoms with Gasteiger partial charge in [0, 0.05) is 19.4 Å². The second kappa shape index (κ2) is 17.0. The monoisotopic (exact) mass is 690 g/mol. The Hall–Kier alpha value is -3.03. The number of fused-ring (bicyclic) bond motifs is 1. The highest BCUT2D eigenvalue weighted by Gasteiger charge is 2.57. The van der Waals surface area contributed by atoms with Crippen molar-refractivity contribution in [1.82, 2.24) is 0 Å². The summed E-state index contributed by atoms with van der Waals surface area (Å²) < 4.78 is 58.0. The van der Waals surface area contributed by atoms with E-state index in [4.69, 9.17) is 42.6 Å². The maximum atomic E-state index is 13.0. The second-order valence-electron chi connectivity index (χ2n) is 13.7. The van der Waals surface area contributed by atoms with Crippen molar-refractivity contribution < 1.29 is 47.4 Å². The third-order valence-corrected chi connectivity index (χ3v) is 9.35. The van der Waals surface area contributed by atoms with Crippen LogP contribution in [0.25, 0.3) is 0 Å². The molecule has 3 aliphatic rings. The van der Waals surface area contributed by atoms with E-state index < -0.39 is 67.0 Å². The van der Waals surface area contributed by atoms with Crippen LogP contribution in [0.5, 0.6) is 0 Å². The van der Waals surface area contributed by atoms with Crippen molar-refractivity contribution in [2.24, 2.45) is 5.92 Å². The van der Waals surface area contributed by atoms with E-state index in [0.29, 0.717) is 19.8 Å². The fourth-order valence-electron chi connectivity index (χ4n) is 7.04. The molecule has 0 amide bonds. The predicted octanol–water partition coefficient (Wildman–Crippen LogP) is 5.99. The van der Waals surface area contributed by atoms with Crippen molar-refractivity contribution in [1.29, 1.82) is 0 Å². The Morgan fingerprint density at radius 1 is 0.700 bits per heavy atom. The van der Waals surface area contributed by atoms with E-state index in [2.05, 4.69) is 0 Å². The standard InChI is InChI=1S/C40H50O10/c1-26(41)21-31-34(44-23-29-17-11-7-12-18-29)35(45-24-30-19-13-8-14-20-30)32(25-43-22-28-15-9-6-10-16-28)47-38(31)48-33-27(2)46-39(42-5)37-36(33)49-40(3,4)50-37/h6-20,27,31-39H,21-25H2,1-5H3/t27-,31+,32+,33-,34+,35-,36+,37+,38?,39+/m0/s1. The Kier molecular flexibility index (Phi) is 12.5. The average Bonchev–Trinajstić information content (AvgIpc) is 3.45. The highest BCUT2D eigenvalue weighted by atomic mass is 16.8. The lowest BCUT2D eigenvalue weighted by atomic mass is 9.86. The molecule has 0 N–H and O–H groups in total. The average molecular weight is 691 g/mol. The van der Waals surface area contributed by atoms with Gasteiger partial charge in [-0.05, 0) is 44.4 Å². The molecule has 0 spiro atoms. The molecule has 3 aliphatic heterocycles. The van der Waals surface area contributed by atoms with Crippen molar-refractivity contribution in [3.05, 3.63) is 108 Å². The van der Waals surface area contributed by atoms with Gasteiger partial charge in [0.25, 0.3) is 0 Å². The number of rotatable bonds is 15. The summed E-state index contributed by atoms with van der Waals surface area (Å²) in [6.45, 7) is 8.43. The first kappa shape index (κ1) is 36.8. The molecule has 10 nitrogen and oxygen atoms in total. The van der Waals surface area contributed by atoms with Gasteiger partial charge in [-0.25, -0.2) is 0 Å². The van der Waals surface area contributed by atoms with Gasteiger partial charge in [-0.15, -0.1) is 0 Å². The van der Waals surface area contributed by atoms with Gasteiger partial charge in [-0.2, -0.15) is 0 Å². The summed E-state index contributed by atoms with van der Waals surface area (Å²) in [6.07, 6.45) is -5.23. The zero-order valence-corrected chi connectivity index (χ0v) is 29.6. The molecule has 50 heavy (non-hydrogen) atoms. The number of carbonyl (C=O) groups excluding carboxylic acids is 1. The number of ketones is 1.